The van der Waals surface area contributed by atoms with Crippen molar-refractivity contribution in [2.24, 2.45) is 0 Å². The van der Waals surface area contributed by atoms with Gasteiger partial charge in [0.1, 0.15) is 0 Å². The van der Waals surface area contributed by atoms with E-state index in [4.69, 9.17) is 11.6 Å². The summed E-state index contributed by atoms with van der Waals surface area (Å²) in [6.45, 7) is 0.638. The van der Waals surface area contributed by atoms with Crippen LogP contribution in [0.5, 0.6) is 0 Å². The number of hydrogen-bond donors (Lipinski definition) is 2. The molecule has 8 nitrogen and oxygen atoms in total. The Morgan fingerprint density at radius 2 is 1.87 bits per heavy atom. The quantitative estimate of drug-likeness (QED) is 0.654. The molecule has 0 saturated carbocycles. The lowest BCUT2D eigenvalue weighted by Gasteiger charge is -2.17. The zero-order chi connectivity index (χ0) is 21.3. The number of anilines is 2. The molecule has 0 unspecified atom stereocenters. The molecule has 30 heavy (non-hydrogen) atoms. The Bertz CT molecular complexity index is 1260. The molecule has 3 aromatic rings. The average molecular weight is 427 g/mol. The summed E-state index contributed by atoms with van der Waals surface area (Å²) in [5, 5.41) is 6.16. The van der Waals surface area contributed by atoms with Gasteiger partial charge in [-0.15, -0.1) is 0 Å². The van der Waals surface area contributed by atoms with E-state index in [0.29, 0.717) is 40.1 Å². The third-order valence-corrected chi connectivity index (χ3v) is 5.38. The Balaban J connectivity index is 1.49. The van der Waals surface area contributed by atoms with Crippen molar-refractivity contribution >= 4 is 45.6 Å². The van der Waals surface area contributed by atoms with Crippen molar-refractivity contribution in [1.82, 2.24) is 9.78 Å². The second-order valence-corrected chi connectivity index (χ2v) is 7.46. The van der Waals surface area contributed by atoms with E-state index in [1.165, 1.54) is 0 Å². The number of halogens is 1. The molecule has 2 aromatic carbocycles. The van der Waals surface area contributed by atoms with Gasteiger partial charge in [-0.2, -0.15) is 0 Å². The van der Waals surface area contributed by atoms with E-state index in [1.807, 2.05) is 0 Å². The number of aryl methyl sites for hydroxylation is 1. The molecule has 4 rings (SSSR count). The van der Waals surface area contributed by atoms with E-state index in [2.05, 4.69) is 10.4 Å². The number of aromatic nitrogens is 2. The highest BCUT2D eigenvalue weighted by atomic mass is 35.5. The number of aromatic amines is 1. The van der Waals surface area contributed by atoms with Crippen LogP contribution < -0.4 is 21.3 Å². The van der Waals surface area contributed by atoms with Crippen LogP contribution in [0, 0.1) is 0 Å². The highest BCUT2D eigenvalue weighted by Gasteiger charge is 2.22. The predicted octanol–water partition coefficient (Wildman–Crippen LogP) is 2.50. The van der Waals surface area contributed by atoms with Gasteiger partial charge in [0.15, 0.2) is 0 Å². The van der Waals surface area contributed by atoms with E-state index < -0.39 is 5.56 Å². The summed E-state index contributed by atoms with van der Waals surface area (Å²) in [5.74, 6) is -0.336. The lowest BCUT2D eigenvalue weighted by Crippen LogP contribution is -2.31. The number of nitrogens with zero attached hydrogens (tertiary/aromatic N) is 2. The minimum Gasteiger partial charge on any atom is -0.325 e. The standard InChI is InChI=1S/C21H19ClN4O4/c22-16-8-7-13(25-10-3-6-19(25)28)12-17(16)23-18(27)9-11-26-21(30)15-5-2-1-4-14(15)20(29)24-26/h1-2,4-5,7-8,12H,3,6,9-11H2,(H,23,27)(H,24,29). The Hall–Kier alpha value is -3.39. The monoisotopic (exact) mass is 426 g/mol. The fourth-order valence-electron chi connectivity index (χ4n) is 3.53. The SMILES string of the molecule is O=C(CCn1[nH]c(=O)c2ccccc2c1=O)Nc1cc(N2CCCC2=O)ccc1Cl. The molecule has 154 valence electrons. The average Bonchev–Trinajstić information content (AvgIpc) is 3.17. The van der Waals surface area contributed by atoms with Gasteiger partial charge < -0.3 is 10.2 Å². The molecule has 2 heterocycles. The highest BCUT2D eigenvalue weighted by Crippen LogP contribution is 2.30. The van der Waals surface area contributed by atoms with Gasteiger partial charge in [0, 0.05) is 25.1 Å². The first-order valence-electron chi connectivity index (χ1n) is 9.55. The highest BCUT2D eigenvalue weighted by molar-refractivity contribution is 6.33. The van der Waals surface area contributed by atoms with Crippen LogP contribution in [0.2, 0.25) is 5.02 Å². The molecule has 1 fully saturated rings. The third kappa shape index (κ3) is 3.86. The van der Waals surface area contributed by atoms with Crippen LogP contribution in [-0.4, -0.2) is 28.1 Å². The molecule has 2 amide bonds. The van der Waals surface area contributed by atoms with Gasteiger partial charge in [0.05, 0.1) is 28.0 Å². The van der Waals surface area contributed by atoms with Crippen LogP contribution in [0.25, 0.3) is 10.8 Å². The lowest BCUT2D eigenvalue weighted by atomic mass is 10.2. The molecule has 0 atom stereocenters. The van der Waals surface area contributed by atoms with Gasteiger partial charge in [0.2, 0.25) is 11.8 Å². The Morgan fingerprint density at radius 1 is 1.10 bits per heavy atom. The van der Waals surface area contributed by atoms with Gasteiger partial charge in [-0.25, -0.2) is 4.68 Å². The summed E-state index contributed by atoms with van der Waals surface area (Å²) < 4.78 is 1.13. The lowest BCUT2D eigenvalue weighted by molar-refractivity contribution is -0.117. The number of carbonyl (C=O) groups is 2. The molecule has 2 N–H and O–H groups in total. The van der Waals surface area contributed by atoms with Crippen molar-refractivity contribution in [2.45, 2.75) is 25.8 Å². The van der Waals surface area contributed by atoms with Crippen LogP contribution in [0.3, 0.4) is 0 Å². The van der Waals surface area contributed by atoms with Gasteiger partial charge in [-0.1, -0.05) is 23.7 Å². The zero-order valence-electron chi connectivity index (χ0n) is 16.0. The van der Waals surface area contributed by atoms with Crippen LogP contribution >= 0.6 is 11.6 Å². The number of hydrogen-bond acceptors (Lipinski definition) is 4. The summed E-state index contributed by atoms with van der Waals surface area (Å²) in [4.78, 5) is 50.7. The first kappa shape index (κ1) is 19.9. The first-order chi connectivity index (χ1) is 14.4. The minimum atomic E-state index is -0.392. The van der Waals surface area contributed by atoms with Crippen molar-refractivity contribution in [1.29, 1.82) is 0 Å². The maximum Gasteiger partial charge on any atom is 0.273 e. The number of nitrogens with one attached hydrogen (secondary N) is 2. The van der Waals surface area contributed by atoms with Crippen LogP contribution in [-0.2, 0) is 16.1 Å². The molecule has 1 aromatic heterocycles. The number of H-pyrrole nitrogens is 1. The van der Waals surface area contributed by atoms with E-state index in [1.54, 1.807) is 47.4 Å². The Kier molecular flexibility index (Phi) is 5.41. The maximum absolute atomic E-state index is 12.5. The number of amides is 2. The Morgan fingerprint density at radius 3 is 2.60 bits per heavy atom. The van der Waals surface area contributed by atoms with Crippen LogP contribution in [0.4, 0.5) is 11.4 Å². The van der Waals surface area contributed by atoms with Gasteiger partial charge in [-0.05, 0) is 36.8 Å². The maximum atomic E-state index is 12.5. The summed E-state index contributed by atoms with van der Waals surface area (Å²) in [6.07, 6.45) is 1.25. The molecule has 1 saturated heterocycles. The van der Waals surface area contributed by atoms with Crippen molar-refractivity contribution in [2.75, 3.05) is 16.8 Å². The predicted molar refractivity (Wildman–Crippen MR) is 115 cm³/mol. The summed E-state index contributed by atoms with van der Waals surface area (Å²) in [5.41, 5.74) is 0.299. The third-order valence-electron chi connectivity index (χ3n) is 5.06. The van der Waals surface area contributed by atoms with E-state index in [-0.39, 0.29) is 30.3 Å². The van der Waals surface area contributed by atoms with E-state index in [0.717, 1.165) is 11.1 Å². The summed E-state index contributed by atoms with van der Waals surface area (Å²) in [7, 11) is 0. The second-order valence-electron chi connectivity index (χ2n) is 7.05. The molecule has 0 aliphatic carbocycles. The molecule has 1 aliphatic rings. The number of benzene rings is 2. The number of rotatable bonds is 5. The largest absolute Gasteiger partial charge is 0.325 e. The number of fused-ring (bicyclic) bond motifs is 1. The molecule has 0 spiro atoms. The Labute approximate surface area is 176 Å². The molecule has 1 aliphatic heterocycles. The van der Waals surface area contributed by atoms with Crippen molar-refractivity contribution in [3.05, 3.63) is 68.2 Å². The van der Waals surface area contributed by atoms with Crippen LogP contribution in [0.15, 0.2) is 52.1 Å². The smallest absolute Gasteiger partial charge is 0.273 e. The van der Waals surface area contributed by atoms with Gasteiger partial charge in [-0.3, -0.25) is 24.3 Å². The molecular formula is C21H19ClN4O4. The number of carbonyl (C=O) groups excluding carboxylic acids is 2. The minimum absolute atomic E-state index is 0.00661. The summed E-state index contributed by atoms with van der Waals surface area (Å²) >= 11 is 6.19. The molecule has 9 heteroatoms. The second kappa shape index (κ2) is 8.16. The van der Waals surface area contributed by atoms with Crippen molar-refractivity contribution < 1.29 is 9.59 Å². The van der Waals surface area contributed by atoms with Crippen LogP contribution in [0.1, 0.15) is 19.3 Å². The fraction of sp³-hybridized carbons (Fsp3) is 0.238. The van der Waals surface area contributed by atoms with Gasteiger partial charge in [0.25, 0.3) is 11.1 Å². The normalized spacial score (nSPS) is 13.8. The first-order valence-corrected chi connectivity index (χ1v) is 9.93. The summed E-state index contributed by atoms with van der Waals surface area (Å²) in [6, 6.07) is 11.5. The molecule has 0 radical (unpaired) electrons. The van der Waals surface area contributed by atoms with E-state index in [9.17, 15) is 19.2 Å². The zero-order valence-corrected chi connectivity index (χ0v) is 16.7. The van der Waals surface area contributed by atoms with E-state index >= 15 is 0 Å². The molecule has 0 bridgehead atoms. The van der Waals surface area contributed by atoms with Gasteiger partial charge >= 0.3 is 0 Å². The fourth-order valence-corrected chi connectivity index (χ4v) is 3.69. The van der Waals surface area contributed by atoms with Crippen molar-refractivity contribution in [3.8, 4) is 0 Å². The topological polar surface area (TPSA) is 104 Å². The van der Waals surface area contributed by atoms with Crippen molar-refractivity contribution in [3.63, 3.8) is 0 Å². The molecular weight excluding hydrogens is 408 g/mol.